The van der Waals surface area contributed by atoms with Gasteiger partial charge in [-0.2, -0.15) is 0 Å². The van der Waals surface area contributed by atoms with Crippen LogP contribution in [0.15, 0.2) is 0 Å². The number of hydrogen-bond donors (Lipinski definition) is 4. The maximum absolute atomic E-state index is 10.9. The second kappa shape index (κ2) is 8.53. The van der Waals surface area contributed by atoms with Crippen molar-refractivity contribution in [1.29, 1.82) is 0 Å². The summed E-state index contributed by atoms with van der Waals surface area (Å²) in [4.78, 5) is 13.1. The van der Waals surface area contributed by atoms with Crippen molar-refractivity contribution < 1.29 is 19.9 Å². The molecule has 0 aromatic heterocycles. The average Bonchev–Trinajstić information content (AvgIpc) is 2.81. The van der Waals surface area contributed by atoms with Crippen LogP contribution in [0.2, 0.25) is 6.32 Å². The number of likely N-dealkylation sites (tertiary alicyclic amines) is 1. The van der Waals surface area contributed by atoms with Gasteiger partial charge in [-0.1, -0.05) is 12.8 Å². The molecule has 110 valence electrons. The van der Waals surface area contributed by atoms with Crippen molar-refractivity contribution in [3.63, 3.8) is 0 Å². The van der Waals surface area contributed by atoms with Crippen LogP contribution in [0.4, 0.5) is 0 Å². The minimum Gasteiger partial charge on any atom is -0.481 e. The fraction of sp³-hybridized carbons (Fsp3) is 0.917. The minimum atomic E-state index is -1.22. The molecule has 0 aromatic carbocycles. The van der Waals surface area contributed by atoms with E-state index in [0.29, 0.717) is 25.3 Å². The van der Waals surface area contributed by atoms with Gasteiger partial charge >= 0.3 is 13.1 Å². The Morgan fingerprint density at radius 2 is 2.16 bits per heavy atom. The number of rotatable bonds is 9. The molecule has 0 bridgehead atoms. The first-order valence-corrected chi connectivity index (χ1v) is 7.04. The fourth-order valence-electron chi connectivity index (χ4n) is 2.61. The van der Waals surface area contributed by atoms with Crippen LogP contribution in [0.25, 0.3) is 0 Å². The van der Waals surface area contributed by atoms with Gasteiger partial charge in [0.25, 0.3) is 0 Å². The second-order valence-corrected chi connectivity index (χ2v) is 5.45. The Morgan fingerprint density at radius 1 is 1.42 bits per heavy atom. The van der Waals surface area contributed by atoms with Gasteiger partial charge in [0.1, 0.15) is 0 Å². The molecule has 1 aliphatic heterocycles. The standard InChI is InChI=1S/C12H25BN2O4/c14-7-10(3-1-2-5-13(18)19)8-15-6-4-11(9-15)12(16)17/h10-11,18-19H,1-9,14H2,(H,16,17). The van der Waals surface area contributed by atoms with Gasteiger partial charge in [-0.3, -0.25) is 4.79 Å². The molecular formula is C12H25BN2O4. The summed E-state index contributed by atoms with van der Waals surface area (Å²) in [5.41, 5.74) is 5.75. The highest BCUT2D eigenvalue weighted by Crippen LogP contribution is 2.19. The normalized spacial score (nSPS) is 21.5. The molecule has 5 N–H and O–H groups in total. The number of carbonyl (C=O) groups is 1. The predicted molar refractivity (Wildman–Crippen MR) is 73.6 cm³/mol. The largest absolute Gasteiger partial charge is 0.481 e. The lowest BCUT2D eigenvalue weighted by atomic mass is 9.83. The number of unbranched alkanes of at least 4 members (excludes halogenated alkanes) is 1. The Balaban J connectivity index is 2.19. The molecule has 0 aromatic rings. The van der Waals surface area contributed by atoms with Crippen LogP contribution in [0.3, 0.4) is 0 Å². The lowest BCUT2D eigenvalue weighted by Gasteiger charge is -2.22. The third kappa shape index (κ3) is 6.38. The van der Waals surface area contributed by atoms with Gasteiger partial charge in [-0.25, -0.2) is 0 Å². The van der Waals surface area contributed by atoms with Gasteiger partial charge in [-0.05, 0) is 38.2 Å². The average molecular weight is 272 g/mol. The van der Waals surface area contributed by atoms with Gasteiger partial charge in [0.15, 0.2) is 0 Å². The van der Waals surface area contributed by atoms with Crippen molar-refractivity contribution in [2.24, 2.45) is 17.6 Å². The molecule has 1 fully saturated rings. The van der Waals surface area contributed by atoms with Gasteiger partial charge < -0.3 is 25.8 Å². The van der Waals surface area contributed by atoms with Crippen LogP contribution in [0.1, 0.15) is 25.7 Å². The van der Waals surface area contributed by atoms with Crippen molar-refractivity contribution in [3.05, 3.63) is 0 Å². The molecule has 2 atom stereocenters. The van der Waals surface area contributed by atoms with Crippen molar-refractivity contribution in [1.82, 2.24) is 4.90 Å². The Morgan fingerprint density at radius 3 is 2.68 bits per heavy atom. The summed E-state index contributed by atoms with van der Waals surface area (Å²) in [6, 6.07) is 0. The second-order valence-electron chi connectivity index (χ2n) is 5.45. The Hall–Kier alpha value is -0.625. The van der Waals surface area contributed by atoms with Crippen molar-refractivity contribution in [3.8, 4) is 0 Å². The summed E-state index contributed by atoms with van der Waals surface area (Å²) < 4.78 is 0. The first-order valence-electron chi connectivity index (χ1n) is 7.04. The van der Waals surface area contributed by atoms with E-state index in [0.717, 1.165) is 38.8 Å². The van der Waals surface area contributed by atoms with Crippen LogP contribution < -0.4 is 5.73 Å². The number of hydrogen-bond acceptors (Lipinski definition) is 5. The van der Waals surface area contributed by atoms with E-state index < -0.39 is 13.1 Å². The number of nitrogens with two attached hydrogens (primary N) is 1. The first kappa shape index (κ1) is 16.4. The van der Waals surface area contributed by atoms with Crippen LogP contribution in [-0.4, -0.2) is 59.3 Å². The van der Waals surface area contributed by atoms with E-state index >= 15 is 0 Å². The highest BCUT2D eigenvalue weighted by Gasteiger charge is 2.28. The number of aliphatic carboxylic acids is 1. The quantitative estimate of drug-likeness (QED) is 0.336. The van der Waals surface area contributed by atoms with E-state index in [9.17, 15) is 4.79 Å². The van der Waals surface area contributed by atoms with Crippen molar-refractivity contribution in [2.75, 3.05) is 26.2 Å². The first-order chi connectivity index (χ1) is 9.02. The highest BCUT2D eigenvalue weighted by molar-refractivity contribution is 6.40. The molecule has 1 aliphatic rings. The molecule has 0 saturated carbocycles. The molecule has 0 spiro atoms. The van der Waals surface area contributed by atoms with Crippen molar-refractivity contribution >= 4 is 13.1 Å². The third-order valence-electron chi connectivity index (χ3n) is 3.80. The summed E-state index contributed by atoms with van der Waals surface area (Å²) in [5.74, 6) is -0.574. The molecule has 0 radical (unpaired) electrons. The van der Waals surface area contributed by atoms with Crippen LogP contribution in [0, 0.1) is 11.8 Å². The molecule has 7 heteroatoms. The monoisotopic (exact) mass is 272 g/mol. The summed E-state index contributed by atoms with van der Waals surface area (Å²) >= 11 is 0. The molecular weight excluding hydrogens is 247 g/mol. The predicted octanol–water partition coefficient (Wildman–Crippen LogP) is -0.389. The third-order valence-corrected chi connectivity index (χ3v) is 3.80. The lowest BCUT2D eigenvalue weighted by molar-refractivity contribution is -0.141. The summed E-state index contributed by atoms with van der Waals surface area (Å²) in [6.07, 6.45) is 3.80. The molecule has 1 heterocycles. The maximum atomic E-state index is 10.9. The lowest BCUT2D eigenvalue weighted by Crippen LogP contribution is -2.32. The van der Waals surface area contributed by atoms with Crippen molar-refractivity contribution in [2.45, 2.75) is 32.0 Å². The van der Waals surface area contributed by atoms with E-state index in [2.05, 4.69) is 4.90 Å². The van der Waals surface area contributed by atoms with E-state index in [1.165, 1.54) is 0 Å². The zero-order valence-electron chi connectivity index (χ0n) is 11.4. The topological polar surface area (TPSA) is 107 Å². The highest BCUT2D eigenvalue weighted by atomic mass is 16.4. The number of nitrogens with zero attached hydrogens (tertiary/aromatic N) is 1. The Labute approximate surface area is 114 Å². The van der Waals surface area contributed by atoms with Gasteiger partial charge in [0.05, 0.1) is 5.92 Å². The molecule has 0 aliphatic carbocycles. The molecule has 6 nitrogen and oxygen atoms in total. The van der Waals surface area contributed by atoms with Gasteiger partial charge in [0, 0.05) is 13.1 Å². The van der Waals surface area contributed by atoms with Crippen LogP contribution >= 0.6 is 0 Å². The van der Waals surface area contributed by atoms with Crippen LogP contribution in [-0.2, 0) is 4.79 Å². The summed E-state index contributed by atoms with van der Waals surface area (Å²) in [7, 11) is -1.22. The molecule has 0 amide bonds. The number of carboxylic acid groups (broad SMARTS) is 1. The number of carboxylic acids is 1. The Kier molecular flexibility index (Phi) is 7.37. The summed E-state index contributed by atoms with van der Waals surface area (Å²) in [6.45, 7) is 2.90. The zero-order chi connectivity index (χ0) is 14.3. The summed E-state index contributed by atoms with van der Waals surface area (Å²) in [5, 5.41) is 26.5. The van der Waals surface area contributed by atoms with E-state index in [4.69, 9.17) is 20.9 Å². The molecule has 2 unspecified atom stereocenters. The van der Waals surface area contributed by atoms with E-state index in [1.54, 1.807) is 0 Å². The van der Waals surface area contributed by atoms with Gasteiger partial charge in [0.2, 0.25) is 0 Å². The van der Waals surface area contributed by atoms with Crippen LogP contribution in [0.5, 0.6) is 0 Å². The smallest absolute Gasteiger partial charge is 0.451 e. The zero-order valence-corrected chi connectivity index (χ0v) is 11.4. The molecule has 1 saturated heterocycles. The Bertz CT molecular complexity index is 278. The fourth-order valence-corrected chi connectivity index (χ4v) is 2.61. The van der Waals surface area contributed by atoms with E-state index in [1.807, 2.05) is 0 Å². The maximum Gasteiger partial charge on any atom is 0.451 e. The van der Waals surface area contributed by atoms with Gasteiger partial charge in [-0.15, -0.1) is 0 Å². The molecule has 19 heavy (non-hydrogen) atoms. The minimum absolute atomic E-state index is 0.233. The van der Waals surface area contributed by atoms with E-state index in [-0.39, 0.29) is 5.92 Å². The SMILES string of the molecule is NCC(CCCCB(O)O)CN1CCC(C(=O)O)C1. The molecule has 1 rings (SSSR count).